The molecule has 0 fully saturated rings. The number of rotatable bonds is 9. The normalized spacial score (nSPS) is 13.8. The summed E-state index contributed by atoms with van der Waals surface area (Å²) in [4.78, 5) is 2.42. The average Bonchev–Trinajstić information content (AvgIpc) is 2.20. The highest BCUT2D eigenvalue weighted by atomic mass is 16.5. The van der Waals surface area contributed by atoms with Crippen molar-refractivity contribution in [2.75, 3.05) is 40.4 Å². The van der Waals surface area contributed by atoms with E-state index in [1.54, 1.807) is 7.11 Å². The van der Waals surface area contributed by atoms with Crippen LogP contribution in [0.1, 0.15) is 27.2 Å². The quantitative estimate of drug-likeness (QED) is 0.592. The van der Waals surface area contributed by atoms with Crippen LogP contribution in [-0.2, 0) is 4.74 Å². The summed E-state index contributed by atoms with van der Waals surface area (Å²) in [6.45, 7) is 10.8. The number of nitrogens with one attached hydrogen (secondary N) is 1. The fourth-order valence-corrected chi connectivity index (χ4v) is 1.32. The first-order chi connectivity index (χ1) is 7.07. The van der Waals surface area contributed by atoms with Gasteiger partial charge in [-0.3, -0.25) is 0 Å². The van der Waals surface area contributed by atoms with Gasteiger partial charge in [0.1, 0.15) is 0 Å². The van der Waals surface area contributed by atoms with Crippen molar-refractivity contribution in [3.63, 3.8) is 0 Å². The number of nitrogens with zero attached hydrogens (tertiary/aromatic N) is 1. The summed E-state index contributed by atoms with van der Waals surface area (Å²) in [7, 11) is 3.94. The first kappa shape index (κ1) is 14.9. The minimum Gasteiger partial charge on any atom is -0.383 e. The Hall–Kier alpha value is -0.120. The van der Waals surface area contributed by atoms with Crippen LogP contribution in [0.4, 0.5) is 0 Å². The van der Waals surface area contributed by atoms with Gasteiger partial charge in [-0.25, -0.2) is 0 Å². The smallest absolute Gasteiger partial charge is 0.0587 e. The molecule has 0 spiro atoms. The molecule has 0 aromatic heterocycles. The van der Waals surface area contributed by atoms with Crippen LogP contribution in [0.3, 0.4) is 0 Å². The van der Waals surface area contributed by atoms with Crippen LogP contribution >= 0.6 is 0 Å². The Bertz CT molecular complexity index is 140. The molecular weight excluding hydrogens is 188 g/mol. The Balaban J connectivity index is 3.46. The van der Waals surface area contributed by atoms with Gasteiger partial charge in [0.15, 0.2) is 0 Å². The van der Waals surface area contributed by atoms with Crippen LogP contribution in [0, 0.1) is 5.92 Å². The zero-order chi connectivity index (χ0) is 11.7. The molecule has 0 aliphatic rings. The Kier molecular flexibility index (Phi) is 9.06. The minimum atomic E-state index is 0.598. The van der Waals surface area contributed by atoms with Gasteiger partial charge in [0.25, 0.3) is 0 Å². The molecule has 0 bridgehead atoms. The van der Waals surface area contributed by atoms with Crippen LogP contribution < -0.4 is 5.32 Å². The third-order valence-electron chi connectivity index (χ3n) is 2.73. The molecule has 0 aromatic rings. The molecule has 0 amide bonds. The third-order valence-corrected chi connectivity index (χ3v) is 2.73. The first-order valence-corrected chi connectivity index (χ1v) is 5.97. The molecule has 0 aliphatic heterocycles. The van der Waals surface area contributed by atoms with E-state index in [1.165, 1.54) is 13.0 Å². The summed E-state index contributed by atoms with van der Waals surface area (Å²) in [5.41, 5.74) is 0. The molecule has 0 aromatic carbocycles. The lowest BCUT2D eigenvalue weighted by Gasteiger charge is -2.25. The monoisotopic (exact) mass is 216 g/mol. The molecule has 1 atom stereocenters. The highest BCUT2D eigenvalue weighted by Gasteiger charge is 2.08. The summed E-state index contributed by atoms with van der Waals surface area (Å²) < 4.78 is 4.99. The SMILES string of the molecule is COCCNCC(C)N(C)CCC(C)C. The van der Waals surface area contributed by atoms with Gasteiger partial charge in [-0.05, 0) is 32.9 Å². The topological polar surface area (TPSA) is 24.5 Å². The van der Waals surface area contributed by atoms with E-state index < -0.39 is 0 Å². The van der Waals surface area contributed by atoms with E-state index in [0.29, 0.717) is 6.04 Å². The van der Waals surface area contributed by atoms with Crippen molar-refractivity contribution in [3.05, 3.63) is 0 Å². The van der Waals surface area contributed by atoms with Crippen molar-refractivity contribution in [2.45, 2.75) is 33.2 Å². The Morgan fingerprint density at radius 3 is 2.47 bits per heavy atom. The van der Waals surface area contributed by atoms with Crippen molar-refractivity contribution in [1.29, 1.82) is 0 Å². The molecular formula is C12H28N2O. The van der Waals surface area contributed by atoms with Crippen LogP contribution in [-0.4, -0.2) is 51.3 Å². The summed E-state index contributed by atoms with van der Waals surface area (Å²) >= 11 is 0. The van der Waals surface area contributed by atoms with E-state index >= 15 is 0 Å². The Morgan fingerprint density at radius 2 is 1.93 bits per heavy atom. The van der Waals surface area contributed by atoms with Gasteiger partial charge >= 0.3 is 0 Å². The molecule has 0 saturated carbocycles. The molecule has 0 radical (unpaired) electrons. The van der Waals surface area contributed by atoms with Crippen LogP contribution in [0.5, 0.6) is 0 Å². The number of hydrogen-bond donors (Lipinski definition) is 1. The van der Waals surface area contributed by atoms with Gasteiger partial charge in [-0.2, -0.15) is 0 Å². The van der Waals surface area contributed by atoms with Crippen molar-refractivity contribution >= 4 is 0 Å². The van der Waals surface area contributed by atoms with E-state index in [-0.39, 0.29) is 0 Å². The molecule has 0 heterocycles. The fourth-order valence-electron chi connectivity index (χ4n) is 1.32. The van der Waals surface area contributed by atoms with Gasteiger partial charge in [-0.1, -0.05) is 13.8 Å². The van der Waals surface area contributed by atoms with Crippen molar-refractivity contribution < 1.29 is 4.74 Å². The van der Waals surface area contributed by atoms with Gasteiger partial charge < -0.3 is 15.0 Å². The van der Waals surface area contributed by atoms with E-state index in [0.717, 1.165) is 25.6 Å². The van der Waals surface area contributed by atoms with Gasteiger partial charge in [-0.15, -0.1) is 0 Å². The predicted octanol–water partition coefficient (Wildman–Crippen LogP) is 1.59. The van der Waals surface area contributed by atoms with Gasteiger partial charge in [0.2, 0.25) is 0 Å². The maximum absolute atomic E-state index is 4.99. The highest BCUT2D eigenvalue weighted by molar-refractivity contribution is 4.66. The van der Waals surface area contributed by atoms with E-state index in [9.17, 15) is 0 Å². The van der Waals surface area contributed by atoms with Crippen LogP contribution in [0.2, 0.25) is 0 Å². The lowest BCUT2D eigenvalue weighted by molar-refractivity contribution is 0.191. The van der Waals surface area contributed by atoms with Crippen molar-refractivity contribution in [2.24, 2.45) is 5.92 Å². The fraction of sp³-hybridized carbons (Fsp3) is 1.00. The number of likely N-dealkylation sites (N-methyl/N-ethyl adjacent to an activating group) is 1. The summed E-state index contributed by atoms with van der Waals surface area (Å²) in [6, 6.07) is 0.598. The summed E-state index contributed by atoms with van der Waals surface area (Å²) in [6.07, 6.45) is 1.28. The van der Waals surface area contributed by atoms with E-state index in [1.807, 2.05) is 0 Å². The van der Waals surface area contributed by atoms with Crippen molar-refractivity contribution in [3.8, 4) is 0 Å². The number of ether oxygens (including phenoxy) is 1. The molecule has 0 saturated heterocycles. The highest BCUT2D eigenvalue weighted by Crippen LogP contribution is 2.03. The summed E-state index contributed by atoms with van der Waals surface area (Å²) in [5, 5.41) is 3.39. The first-order valence-electron chi connectivity index (χ1n) is 5.97. The Morgan fingerprint density at radius 1 is 1.27 bits per heavy atom. The van der Waals surface area contributed by atoms with Crippen molar-refractivity contribution in [1.82, 2.24) is 10.2 Å². The molecule has 3 nitrogen and oxygen atoms in total. The largest absolute Gasteiger partial charge is 0.383 e. The second-order valence-electron chi connectivity index (χ2n) is 4.71. The molecule has 3 heteroatoms. The lowest BCUT2D eigenvalue weighted by Crippen LogP contribution is -2.39. The Labute approximate surface area is 95.2 Å². The molecule has 15 heavy (non-hydrogen) atoms. The molecule has 0 aliphatic carbocycles. The molecule has 0 rings (SSSR count). The molecule has 1 N–H and O–H groups in total. The van der Waals surface area contributed by atoms with Crippen LogP contribution in [0.25, 0.3) is 0 Å². The van der Waals surface area contributed by atoms with Crippen LogP contribution in [0.15, 0.2) is 0 Å². The maximum atomic E-state index is 4.99. The van der Waals surface area contributed by atoms with Gasteiger partial charge in [0.05, 0.1) is 6.61 Å². The zero-order valence-corrected chi connectivity index (χ0v) is 11.0. The number of methoxy groups -OCH3 is 1. The predicted molar refractivity (Wildman–Crippen MR) is 66.3 cm³/mol. The van der Waals surface area contributed by atoms with E-state index in [2.05, 4.69) is 38.0 Å². The zero-order valence-electron chi connectivity index (χ0n) is 11.0. The average molecular weight is 216 g/mol. The molecule has 92 valence electrons. The second kappa shape index (κ2) is 9.13. The third kappa shape index (κ3) is 8.85. The maximum Gasteiger partial charge on any atom is 0.0587 e. The minimum absolute atomic E-state index is 0.598. The standard InChI is InChI=1S/C12H28N2O/c1-11(2)6-8-14(4)12(3)10-13-7-9-15-5/h11-13H,6-10H2,1-5H3. The summed E-state index contributed by atoms with van der Waals surface area (Å²) in [5.74, 6) is 0.793. The molecule has 1 unspecified atom stereocenters. The van der Waals surface area contributed by atoms with Gasteiger partial charge in [0, 0.05) is 26.2 Å². The lowest BCUT2D eigenvalue weighted by atomic mass is 10.1. The number of hydrogen-bond acceptors (Lipinski definition) is 3. The van der Waals surface area contributed by atoms with E-state index in [4.69, 9.17) is 4.74 Å². The second-order valence-corrected chi connectivity index (χ2v) is 4.71.